The Morgan fingerprint density at radius 1 is 1.27 bits per heavy atom. The van der Waals surface area contributed by atoms with Crippen LogP contribution in [0.25, 0.3) is 0 Å². The van der Waals surface area contributed by atoms with Gasteiger partial charge < -0.3 is 9.64 Å². The number of esters is 1. The largest absolute Gasteiger partial charge is 0.466 e. The Bertz CT molecular complexity index is 230. The number of ether oxygens (including phenoxy) is 1. The van der Waals surface area contributed by atoms with Crippen LogP contribution >= 0.6 is 0 Å². The van der Waals surface area contributed by atoms with Crippen LogP contribution in [0, 0.1) is 5.41 Å². The highest BCUT2D eigenvalue weighted by molar-refractivity contribution is 5.80. The minimum Gasteiger partial charge on any atom is -0.466 e. The van der Waals surface area contributed by atoms with Gasteiger partial charge in [-0.3, -0.25) is 4.79 Å². The molecule has 0 amide bonds. The van der Waals surface area contributed by atoms with Crippen LogP contribution in [-0.4, -0.2) is 37.1 Å². The first-order valence-corrected chi connectivity index (χ1v) is 6.16. The number of nitrogens with zero attached hydrogens (tertiary/aromatic N) is 1. The molecule has 2 aliphatic rings. The smallest absolute Gasteiger partial charge is 0.313 e. The van der Waals surface area contributed by atoms with Crippen molar-refractivity contribution in [2.45, 2.75) is 39.0 Å². The number of hydrogen-bond acceptors (Lipinski definition) is 3. The van der Waals surface area contributed by atoms with Crippen molar-refractivity contribution in [3.8, 4) is 0 Å². The summed E-state index contributed by atoms with van der Waals surface area (Å²) >= 11 is 0. The first kappa shape index (κ1) is 10.9. The van der Waals surface area contributed by atoms with Gasteiger partial charge in [0.2, 0.25) is 0 Å². The molecule has 0 spiro atoms. The van der Waals surface area contributed by atoms with E-state index < -0.39 is 0 Å². The number of piperidine rings is 1. The zero-order valence-electron chi connectivity index (χ0n) is 9.63. The summed E-state index contributed by atoms with van der Waals surface area (Å²) in [5, 5.41) is 0. The molecule has 0 unspecified atom stereocenters. The van der Waals surface area contributed by atoms with Crippen molar-refractivity contribution in [1.82, 2.24) is 4.90 Å². The number of rotatable bonds is 4. The van der Waals surface area contributed by atoms with Gasteiger partial charge in [0.25, 0.3) is 0 Å². The van der Waals surface area contributed by atoms with Crippen molar-refractivity contribution >= 4 is 5.97 Å². The maximum absolute atomic E-state index is 11.8. The van der Waals surface area contributed by atoms with E-state index in [1.165, 1.54) is 32.4 Å². The summed E-state index contributed by atoms with van der Waals surface area (Å²) in [4.78, 5) is 14.2. The normalized spacial score (nSPS) is 24.9. The fourth-order valence-electron chi connectivity index (χ4n) is 2.41. The molecule has 1 saturated carbocycles. The van der Waals surface area contributed by atoms with E-state index in [9.17, 15) is 4.79 Å². The highest BCUT2D eigenvalue weighted by Gasteiger charge is 2.52. The van der Waals surface area contributed by atoms with Crippen LogP contribution in [0.5, 0.6) is 0 Å². The fraction of sp³-hybridized carbons (Fsp3) is 0.917. The van der Waals surface area contributed by atoms with Crippen molar-refractivity contribution in [1.29, 1.82) is 0 Å². The van der Waals surface area contributed by atoms with Gasteiger partial charge in [0.1, 0.15) is 0 Å². The van der Waals surface area contributed by atoms with E-state index in [0.717, 1.165) is 19.4 Å². The lowest BCUT2D eigenvalue weighted by atomic mass is 10.0. The minimum absolute atomic E-state index is 0.0376. The Kier molecular flexibility index (Phi) is 3.29. The molecule has 1 saturated heterocycles. The van der Waals surface area contributed by atoms with Gasteiger partial charge in [-0.25, -0.2) is 0 Å². The predicted molar refractivity (Wildman–Crippen MR) is 58.6 cm³/mol. The molecule has 3 nitrogen and oxygen atoms in total. The molecular weight excluding hydrogens is 190 g/mol. The van der Waals surface area contributed by atoms with E-state index in [1.54, 1.807) is 0 Å². The maximum Gasteiger partial charge on any atom is 0.313 e. The Morgan fingerprint density at radius 2 is 1.93 bits per heavy atom. The first-order chi connectivity index (χ1) is 7.27. The van der Waals surface area contributed by atoms with Crippen molar-refractivity contribution in [2.75, 3.05) is 26.2 Å². The van der Waals surface area contributed by atoms with Crippen LogP contribution < -0.4 is 0 Å². The van der Waals surface area contributed by atoms with Crippen LogP contribution in [0.1, 0.15) is 39.0 Å². The zero-order chi connectivity index (χ0) is 10.7. The lowest BCUT2D eigenvalue weighted by Gasteiger charge is -2.29. The molecule has 0 bridgehead atoms. The molecule has 0 aromatic heterocycles. The van der Waals surface area contributed by atoms with Crippen molar-refractivity contribution < 1.29 is 9.53 Å². The second-order valence-electron chi connectivity index (χ2n) is 4.84. The summed E-state index contributed by atoms with van der Waals surface area (Å²) in [6.45, 7) is 5.67. The second kappa shape index (κ2) is 4.52. The van der Waals surface area contributed by atoms with Gasteiger partial charge >= 0.3 is 5.97 Å². The molecule has 0 radical (unpaired) electrons. The SMILES string of the molecule is CCOC(=O)C1(CN2CCCCC2)CC1. The van der Waals surface area contributed by atoms with Gasteiger partial charge in [0.05, 0.1) is 12.0 Å². The fourth-order valence-corrected chi connectivity index (χ4v) is 2.41. The van der Waals surface area contributed by atoms with Crippen molar-refractivity contribution in [3.05, 3.63) is 0 Å². The van der Waals surface area contributed by atoms with Crippen LogP contribution in [0.3, 0.4) is 0 Å². The van der Waals surface area contributed by atoms with Crippen LogP contribution in [0.4, 0.5) is 0 Å². The van der Waals surface area contributed by atoms with Gasteiger partial charge in [0.15, 0.2) is 0 Å². The van der Waals surface area contributed by atoms with E-state index in [1.807, 2.05) is 6.92 Å². The summed E-state index contributed by atoms with van der Waals surface area (Å²) in [6.07, 6.45) is 5.99. The summed E-state index contributed by atoms with van der Waals surface area (Å²) < 4.78 is 5.15. The molecule has 15 heavy (non-hydrogen) atoms. The topological polar surface area (TPSA) is 29.5 Å². The average molecular weight is 211 g/mol. The van der Waals surface area contributed by atoms with E-state index >= 15 is 0 Å². The van der Waals surface area contributed by atoms with Crippen LogP contribution in [0.2, 0.25) is 0 Å². The van der Waals surface area contributed by atoms with Gasteiger partial charge in [-0.05, 0) is 45.7 Å². The highest BCUT2D eigenvalue weighted by Crippen LogP contribution is 2.47. The standard InChI is InChI=1S/C12H21NO2/c1-2-15-11(14)12(6-7-12)10-13-8-4-3-5-9-13/h2-10H2,1H3. The molecular formula is C12H21NO2. The lowest BCUT2D eigenvalue weighted by Crippen LogP contribution is -2.38. The zero-order valence-corrected chi connectivity index (χ0v) is 9.63. The van der Waals surface area contributed by atoms with Gasteiger partial charge in [-0.2, -0.15) is 0 Å². The quantitative estimate of drug-likeness (QED) is 0.664. The molecule has 0 aromatic carbocycles. The summed E-state index contributed by atoms with van der Waals surface area (Å²) in [5.74, 6) is 0.0376. The van der Waals surface area contributed by atoms with Gasteiger partial charge in [-0.1, -0.05) is 6.42 Å². The van der Waals surface area contributed by atoms with Crippen LogP contribution in [0.15, 0.2) is 0 Å². The molecule has 1 aliphatic carbocycles. The number of carbonyl (C=O) groups excluding carboxylic acids is 1. The van der Waals surface area contributed by atoms with Gasteiger partial charge in [0, 0.05) is 6.54 Å². The van der Waals surface area contributed by atoms with Crippen molar-refractivity contribution in [3.63, 3.8) is 0 Å². The maximum atomic E-state index is 11.8. The van der Waals surface area contributed by atoms with Crippen molar-refractivity contribution in [2.24, 2.45) is 5.41 Å². The third-order valence-corrected chi connectivity index (χ3v) is 3.54. The van der Waals surface area contributed by atoms with E-state index in [-0.39, 0.29) is 11.4 Å². The Hall–Kier alpha value is -0.570. The molecule has 1 aliphatic heterocycles. The Labute approximate surface area is 91.8 Å². The number of likely N-dealkylation sites (tertiary alicyclic amines) is 1. The van der Waals surface area contributed by atoms with Crippen LogP contribution in [-0.2, 0) is 9.53 Å². The molecule has 2 fully saturated rings. The monoisotopic (exact) mass is 211 g/mol. The minimum atomic E-state index is -0.118. The molecule has 0 aromatic rings. The Morgan fingerprint density at radius 3 is 2.47 bits per heavy atom. The van der Waals surface area contributed by atoms with E-state index in [2.05, 4.69) is 4.90 Å². The third kappa shape index (κ3) is 2.51. The van der Waals surface area contributed by atoms with E-state index in [4.69, 9.17) is 4.74 Å². The average Bonchev–Trinajstić information content (AvgIpc) is 3.01. The summed E-state index contributed by atoms with van der Waals surface area (Å²) in [5.41, 5.74) is -0.118. The second-order valence-corrected chi connectivity index (χ2v) is 4.84. The molecule has 0 N–H and O–H groups in total. The number of hydrogen-bond donors (Lipinski definition) is 0. The highest BCUT2D eigenvalue weighted by atomic mass is 16.5. The third-order valence-electron chi connectivity index (χ3n) is 3.54. The predicted octanol–water partition coefficient (Wildman–Crippen LogP) is 1.82. The summed E-state index contributed by atoms with van der Waals surface area (Å²) in [6, 6.07) is 0. The first-order valence-electron chi connectivity index (χ1n) is 6.16. The summed E-state index contributed by atoms with van der Waals surface area (Å²) in [7, 11) is 0. The lowest BCUT2D eigenvalue weighted by molar-refractivity contribution is -0.150. The van der Waals surface area contributed by atoms with Gasteiger partial charge in [-0.15, -0.1) is 0 Å². The molecule has 2 rings (SSSR count). The number of carbonyl (C=O) groups is 1. The Balaban J connectivity index is 1.84. The molecule has 1 heterocycles. The molecule has 0 atom stereocenters. The molecule has 3 heteroatoms. The van der Waals surface area contributed by atoms with E-state index in [0.29, 0.717) is 6.61 Å². The molecule has 86 valence electrons.